The lowest BCUT2D eigenvalue weighted by molar-refractivity contribution is -0.122. The number of rotatable bonds is 6. The number of nitrogens with one attached hydrogen (secondary N) is 1. The summed E-state index contributed by atoms with van der Waals surface area (Å²) >= 11 is 0. The van der Waals surface area contributed by atoms with Crippen molar-refractivity contribution in [2.45, 2.75) is 19.4 Å². The van der Waals surface area contributed by atoms with Gasteiger partial charge < -0.3 is 15.3 Å². The number of hydrogen-bond donors (Lipinski definition) is 2. The highest BCUT2D eigenvalue weighted by Crippen LogP contribution is 2.02. The quantitative estimate of drug-likeness (QED) is 0.792. The van der Waals surface area contributed by atoms with Gasteiger partial charge in [-0.1, -0.05) is 25.1 Å². The monoisotopic (exact) mass is 264 g/mol. The van der Waals surface area contributed by atoms with Crippen molar-refractivity contribution in [2.75, 3.05) is 20.2 Å². The Kier molecular flexibility index (Phi) is 6.02. The Morgan fingerprint density at radius 1 is 1.32 bits per heavy atom. The van der Waals surface area contributed by atoms with E-state index in [-0.39, 0.29) is 31.0 Å². The van der Waals surface area contributed by atoms with Crippen LogP contribution in [0.25, 0.3) is 0 Å². The average molecular weight is 264 g/mol. The van der Waals surface area contributed by atoms with Crippen molar-refractivity contribution < 1.29 is 14.7 Å². The highest BCUT2D eigenvalue weighted by molar-refractivity contribution is 5.96. The first-order chi connectivity index (χ1) is 9.08. The molecule has 5 nitrogen and oxygen atoms in total. The third-order valence-corrected chi connectivity index (χ3v) is 2.83. The molecule has 1 aromatic carbocycles. The van der Waals surface area contributed by atoms with Crippen molar-refractivity contribution in [3.63, 3.8) is 0 Å². The van der Waals surface area contributed by atoms with Gasteiger partial charge in [0, 0.05) is 12.6 Å². The second-order valence-corrected chi connectivity index (χ2v) is 4.38. The second-order valence-electron chi connectivity index (χ2n) is 4.38. The summed E-state index contributed by atoms with van der Waals surface area (Å²) in [6.45, 7) is 1.75. The average Bonchev–Trinajstić information content (AvgIpc) is 2.44. The van der Waals surface area contributed by atoms with E-state index in [9.17, 15) is 9.59 Å². The molecule has 0 saturated heterocycles. The fourth-order valence-electron chi connectivity index (χ4n) is 1.64. The number of nitrogens with zero attached hydrogens (tertiary/aromatic N) is 1. The zero-order valence-corrected chi connectivity index (χ0v) is 11.3. The summed E-state index contributed by atoms with van der Waals surface area (Å²) in [5, 5.41) is 11.7. The number of hydrogen-bond acceptors (Lipinski definition) is 3. The Morgan fingerprint density at radius 3 is 2.47 bits per heavy atom. The van der Waals surface area contributed by atoms with E-state index in [1.807, 2.05) is 13.0 Å². The van der Waals surface area contributed by atoms with E-state index in [4.69, 9.17) is 5.11 Å². The molecule has 1 atom stereocenters. The first-order valence-corrected chi connectivity index (χ1v) is 6.29. The molecule has 0 saturated carbocycles. The Hall–Kier alpha value is -1.88. The van der Waals surface area contributed by atoms with Crippen LogP contribution in [-0.4, -0.2) is 48.1 Å². The van der Waals surface area contributed by atoms with Gasteiger partial charge in [-0.3, -0.25) is 9.59 Å². The highest BCUT2D eigenvalue weighted by Gasteiger charge is 2.16. The van der Waals surface area contributed by atoms with Crippen molar-refractivity contribution in [1.82, 2.24) is 10.2 Å². The molecule has 0 spiro atoms. The molecule has 0 bridgehead atoms. The zero-order chi connectivity index (χ0) is 14.3. The highest BCUT2D eigenvalue weighted by atomic mass is 16.3. The van der Waals surface area contributed by atoms with Gasteiger partial charge in [-0.2, -0.15) is 0 Å². The predicted molar refractivity (Wildman–Crippen MR) is 72.7 cm³/mol. The minimum absolute atomic E-state index is 0.0236. The fourth-order valence-corrected chi connectivity index (χ4v) is 1.64. The van der Waals surface area contributed by atoms with Gasteiger partial charge in [0.15, 0.2) is 0 Å². The van der Waals surface area contributed by atoms with Gasteiger partial charge >= 0.3 is 0 Å². The topological polar surface area (TPSA) is 69.6 Å². The van der Waals surface area contributed by atoms with Gasteiger partial charge in [-0.25, -0.2) is 0 Å². The molecule has 5 heteroatoms. The number of benzene rings is 1. The van der Waals surface area contributed by atoms with Crippen molar-refractivity contribution in [2.24, 2.45) is 0 Å². The molecule has 104 valence electrons. The smallest absolute Gasteiger partial charge is 0.254 e. The van der Waals surface area contributed by atoms with E-state index in [1.165, 1.54) is 4.90 Å². The summed E-state index contributed by atoms with van der Waals surface area (Å²) < 4.78 is 0. The van der Waals surface area contributed by atoms with E-state index >= 15 is 0 Å². The Bertz CT molecular complexity index is 416. The van der Waals surface area contributed by atoms with Crippen LogP contribution in [-0.2, 0) is 4.79 Å². The third kappa shape index (κ3) is 4.71. The molecule has 2 amide bonds. The van der Waals surface area contributed by atoms with Gasteiger partial charge in [0.2, 0.25) is 5.91 Å². The summed E-state index contributed by atoms with van der Waals surface area (Å²) in [5.41, 5.74) is 0.548. The van der Waals surface area contributed by atoms with Crippen LogP contribution in [0.1, 0.15) is 23.7 Å². The predicted octanol–water partition coefficient (Wildman–Crippen LogP) is 0.646. The van der Waals surface area contributed by atoms with Gasteiger partial charge in [0.25, 0.3) is 5.91 Å². The van der Waals surface area contributed by atoms with Gasteiger partial charge in [0.1, 0.15) is 0 Å². The minimum Gasteiger partial charge on any atom is -0.394 e. The normalized spacial score (nSPS) is 11.7. The molecule has 0 aliphatic rings. The first-order valence-electron chi connectivity index (χ1n) is 6.29. The van der Waals surface area contributed by atoms with Crippen LogP contribution in [0.3, 0.4) is 0 Å². The Morgan fingerprint density at radius 2 is 1.95 bits per heavy atom. The number of aliphatic hydroxyl groups is 1. The molecule has 1 rings (SSSR count). The molecule has 0 fully saturated rings. The van der Waals surface area contributed by atoms with E-state index < -0.39 is 0 Å². The molecular formula is C14H20N2O3. The van der Waals surface area contributed by atoms with Gasteiger partial charge in [0.05, 0.1) is 19.2 Å². The molecule has 0 radical (unpaired) electrons. The maximum absolute atomic E-state index is 12.0. The molecule has 0 heterocycles. The van der Waals surface area contributed by atoms with E-state index in [1.54, 1.807) is 31.3 Å². The first kappa shape index (κ1) is 15.2. The van der Waals surface area contributed by atoms with Crippen LogP contribution in [0.5, 0.6) is 0 Å². The van der Waals surface area contributed by atoms with Gasteiger partial charge in [-0.05, 0) is 18.6 Å². The van der Waals surface area contributed by atoms with E-state index in [2.05, 4.69) is 5.32 Å². The molecule has 0 aliphatic heterocycles. The summed E-state index contributed by atoms with van der Waals surface area (Å²) in [6, 6.07) is 8.54. The number of carbonyl (C=O) groups is 2. The second kappa shape index (κ2) is 7.53. The summed E-state index contributed by atoms with van der Waals surface area (Å²) in [7, 11) is 1.58. The number of likely N-dealkylation sites (N-methyl/N-ethyl adjacent to an activating group) is 1. The standard InChI is InChI=1S/C14H20N2O3/c1-3-12(10-17)15-13(18)9-16(2)14(19)11-7-5-4-6-8-11/h4-8,12,17H,3,9-10H2,1-2H3,(H,15,18). The Labute approximate surface area is 113 Å². The van der Waals surface area contributed by atoms with Crippen LogP contribution in [0.4, 0.5) is 0 Å². The Balaban J connectivity index is 2.53. The minimum atomic E-state index is -0.271. The lowest BCUT2D eigenvalue weighted by Crippen LogP contribution is -2.43. The molecule has 0 aromatic heterocycles. The molecule has 1 unspecified atom stereocenters. The largest absolute Gasteiger partial charge is 0.394 e. The SMILES string of the molecule is CCC(CO)NC(=O)CN(C)C(=O)c1ccccc1. The number of amides is 2. The van der Waals surface area contributed by atoms with Crippen LogP contribution < -0.4 is 5.32 Å². The number of aliphatic hydroxyl groups excluding tert-OH is 1. The molecular weight excluding hydrogens is 244 g/mol. The van der Waals surface area contributed by atoms with Crippen LogP contribution in [0.2, 0.25) is 0 Å². The molecule has 1 aromatic rings. The van der Waals surface area contributed by atoms with E-state index in [0.29, 0.717) is 12.0 Å². The molecule has 2 N–H and O–H groups in total. The van der Waals surface area contributed by atoms with Crippen LogP contribution >= 0.6 is 0 Å². The maximum Gasteiger partial charge on any atom is 0.254 e. The van der Waals surface area contributed by atoms with E-state index in [0.717, 1.165) is 0 Å². The van der Waals surface area contributed by atoms with Crippen molar-refractivity contribution in [3.8, 4) is 0 Å². The summed E-state index contributed by atoms with van der Waals surface area (Å²) in [4.78, 5) is 25.1. The zero-order valence-electron chi connectivity index (χ0n) is 11.3. The third-order valence-electron chi connectivity index (χ3n) is 2.83. The molecule has 19 heavy (non-hydrogen) atoms. The number of carbonyl (C=O) groups excluding carboxylic acids is 2. The van der Waals surface area contributed by atoms with Crippen molar-refractivity contribution >= 4 is 11.8 Å². The van der Waals surface area contributed by atoms with Crippen LogP contribution in [0, 0.1) is 0 Å². The summed E-state index contributed by atoms with van der Waals surface area (Å²) in [5.74, 6) is -0.472. The summed E-state index contributed by atoms with van der Waals surface area (Å²) in [6.07, 6.45) is 0.651. The lowest BCUT2D eigenvalue weighted by atomic mass is 10.2. The fraction of sp³-hybridized carbons (Fsp3) is 0.429. The molecule has 0 aliphatic carbocycles. The maximum atomic E-state index is 12.0. The van der Waals surface area contributed by atoms with Crippen LogP contribution in [0.15, 0.2) is 30.3 Å². The van der Waals surface area contributed by atoms with Gasteiger partial charge in [-0.15, -0.1) is 0 Å². The lowest BCUT2D eigenvalue weighted by Gasteiger charge is -2.19. The van der Waals surface area contributed by atoms with Crippen molar-refractivity contribution in [1.29, 1.82) is 0 Å². The van der Waals surface area contributed by atoms with Crippen molar-refractivity contribution in [3.05, 3.63) is 35.9 Å².